The highest BCUT2D eigenvalue weighted by Crippen LogP contribution is 2.37. The number of hydrogen-bond acceptors (Lipinski definition) is 6. The fourth-order valence-electron chi connectivity index (χ4n) is 4.82. The number of β-lactam (4-membered cyclic amide) rings is 1. The molecule has 3 amide bonds. The topological polar surface area (TPSA) is 133 Å². The number of carboxylic acid groups (broad SMARTS) is 1. The number of aliphatic carboxylic acids is 1. The smallest absolute Gasteiger partial charge is 0.410 e. The van der Waals surface area contributed by atoms with Crippen LogP contribution in [0.3, 0.4) is 0 Å². The summed E-state index contributed by atoms with van der Waals surface area (Å²) >= 11 is 0. The highest BCUT2D eigenvalue weighted by Gasteiger charge is 2.51. The van der Waals surface area contributed by atoms with Crippen LogP contribution >= 0.6 is 0 Å². The van der Waals surface area contributed by atoms with Gasteiger partial charge in [0.25, 0.3) is 0 Å². The highest BCUT2D eigenvalue weighted by atomic mass is 16.6. The standard InChI is InChI=1S/C21H26N4O6/c1-2-9-31-21(30)23-7-6-14(11-23)24-8-5-13(18(24)26)10-12-3-4-15-16(22)19(27)25(15)17(12)20(28)29/h2,10,14-16H,1,3-9,11,22H2,(H,28,29)/b13-10+/t14-,15-,16+/m1/s1. The van der Waals surface area contributed by atoms with E-state index in [9.17, 15) is 24.3 Å². The van der Waals surface area contributed by atoms with E-state index in [4.69, 9.17) is 10.5 Å². The normalized spacial score (nSPS) is 29.4. The largest absolute Gasteiger partial charge is 0.477 e. The molecule has 0 radical (unpaired) electrons. The van der Waals surface area contributed by atoms with E-state index >= 15 is 0 Å². The summed E-state index contributed by atoms with van der Waals surface area (Å²) in [5.41, 5.74) is 6.73. The Labute approximate surface area is 179 Å². The minimum absolute atomic E-state index is 0.0706. The van der Waals surface area contributed by atoms with Crippen molar-refractivity contribution in [1.29, 1.82) is 0 Å². The van der Waals surface area contributed by atoms with Crippen molar-refractivity contribution < 1.29 is 29.0 Å². The summed E-state index contributed by atoms with van der Waals surface area (Å²) in [4.78, 5) is 53.5. The van der Waals surface area contributed by atoms with Crippen molar-refractivity contribution in [3.05, 3.63) is 35.6 Å². The van der Waals surface area contributed by atoms with Gasteiger partial charge in [0, 0.05) is 25.2 Å². The summed E-state index contributed by atoms with van der Waals surface area (Å²) < 4.78 is 5.06. The van der Waals surface area contributed by atoms with Gasteiger partial charge in [0.1, 0.15) is 18.3 Å². The maximum Gasteiger partial charge on any atom is 0.410 e. The summed E-state index contributed by atoms with van der Waals surface area (Å²) in [7, 11) is 0. The number of carbonyl (C=O) groups excluding carboxylic acids is 3. The fraction of sp³-hybridized carbons (Fsp3) is 0.524. The monoisotopic (exact) mass is 430 g/mol. The summed E-state index contributed by atoms with van der Waals surface area (Å²) in [6.07, 6.45) is 4.88. The third-order valence-electron chi connectivity index (χ3n) is 6.42. The Balaban J connectivity index is 1.48. The number of amides is 3. The van der Waals surface area contributed by atoms with Crippen LogP contribution in [-0.4, -0.2) is 88.0 Å². The number of carbonyl (C=O) groups is 4. The molecular formula is C21H26N4O6. The van der Waals surface area contributed by atoms with Crippen LogP contribution in [0.25, 0.3) is 0 Å². The third kappa shape index (κ3) is 3.60. The molecule has 4 rings (SSSR count). The Hall–Kier alpha value is -3.14. The molecule has 4 aliphatic heterocycles. The first-order valence-electron chi connectivity index (χ1n) is 10.4. The maximum absolute atomic E-state index is 13.0. The zero-order valence-electron chi connectivity index (χ0n) is 17.2. The van der Waals surface area contributed by atoms with Crippen molar-refractivity contribution in [3.8, 4) is 0 Å². The molecule has 10 heteroatoms. The molecule has 0 saturated carbocycles. The average molecular weight is 430 g/mol. The molecule has 0 spiro atoms. The molecule has 10 nitrogen and oxygen atoms in total. The fourth-order valence-corrected chi connectivity index (χ4v) is 4.82. The number of fused-ring (bicyclic) bond motifs is 1. The maximum atomic E-state index is 13.0. The Morgan fingerprint density at radius 2 is 2.00 bits per heavy atom. The zero-order valence-corrected chi connectivity index (χ0v) is 17.2. The van der Waals surface area contributed by atoms with Crippen LogP contribution in [0.1, 0.15) is 25.7 Å². The van der Waals surface area contributed by atoms with E-state index in [0.717, 1.165) is 0 Å². The van der Waals surface area contributed by atoms with Gasteiger partial charge >= 0.3 is 12.1 Å². The van der Waals surface area contributed by atoms with Gasteiger partial charge in [0.05, 0.1) is 12.1 Å². The molecular weight excluding hydrogens is 404 g/mol. The van der Waals surface area contributed by atoms with Crippen LogP contribution < -0.4 is 5.73 Å². The van der Waals surface area contributed by atoms with Gasteiger partial charge in [-0.25, -0.2) is 9.59 Å². The number of likely N-dealkylation sites (tertiary alicyclic amines) is 2. The number of nitrogens with zero attached hydrogens (tertiary/aromatic N) is 3. The Morgan fingerprint density at radius 3 is 2.71 bits per heavy atom. The number of ether oxygens (including phenoxy) is 1. The first-order valence-corrected chi connectivity index (χ1v) is 10.4. The van der Waals surface area contributed by atoms with E-state index in [1.807, 2.05) is 0 Å². The van der Waals surface area contributed by atoms with Gasteiger partial charge in [-0.15, -0.1) is 0 Å². The molecule has 3 N–H and O–H groups in total. The summed E-state index contributed by atoms with van der Waals surface area (Å²) in [6.45, 7) is 5.08. The van der Waals surface area contributed by atoms with Gasteiger partial charge in [-0.1, -0.05) is 12.7 Å². The summed E-state index contributed by atoms with van der Waals surface area (Å²) in [6, 6.07) is -1.05. The number of allylic oxidation sites excluding steroid dienone is 2. The zero-order chi connectivity index (χ0) is 22.3. The SMILES string of the molecule is C=CCOC(=O)N1CC[C@@H](N2CC/C(=C\C3=C(C(=O)O)N4C(=O)[C@@H](N)[C@H]4CC3)C2=O)C1. The molecule has 0 aromatic heterocycles. The lowest BCUT2D eigenvalue weighted by atomic mass is 9.83. The van der Waals surface area contributed by atoms with Crippen molar-refractivity contribution in [2.75, 3.05) is 26.2 Å². The Bertz CT molecular complexity index is 910. The molecule has 0 bridgehead atoms. The molecule has 166 valence electrons. The molecule has 3 fully saturated rings. The minimum Gasteiger partial charge on any atom is -0.477 e. The second kappa shape index (κ2) is 8.18. The van der Waals surface area contributed by atoms with Gasteiger partial charge in [-0.3, -0.25) is 14.5 Å². The number of nitrogens with two attached hydrogens (primary N) is 1. The van der Waals surface area contributed by atoms with E-state index in [1.165, 1.54) is 11.0 Å². The third-order valence-corrected chi connectivity index (χ3v) is 6.42. The van der Waals surface area contributed by atoms with Gasteiger partial charge < -0.3 is 25.4 Å². The Kier molecular flexibility index (Phi) is 5.57. The van der Waals surface area contributed by atoms with Crippen LogP contribution in [0.4, 0.5) is 4.79 Å². The lowest BCUT2D eigenvalue weighted by Crippen LogP contribution is -2.69. The van der Waals surface area contributed by atoms with Crippen molar-refractivity contribution in [2.24, 2.45) is 5.73 Å². The van der Waals surface area contributed by atoms with Crippen molar-refractivity contribution in [1.82, 2.24) is 14.7 Å². The summed E-state index contributed by atoms with van der Waals surface area (Å²) in [5.74, 6) is -1.74. The molecule has 0 aromatic carbocycles. The molecule has 31 heavy (non-hydrogen) atoms. The first kappa shape index (κ1) is 21.1. The molecule has 0 aromatic rings. The van der Waals surface area contributed by atoms with Crippen molar-refractivity contribution in [2.45, 2.75) is 43.8 Å². The van der Waals surface area contributed by atoms with E-state index in [1.54, 1.807) is 15.9 Å². The molecule has 4 heterocycles. The van der Waals surface area contributed by atoms with E-state index in [2.05, 4.69) is 6.58 Å². The van der Waals surface area contributed by atoms with Crippen LogP contribution in [0.2, 0.25) is 0 Å². The molecule has 4 aliphatic rings. The number of hydrogen-bond donors (Lipinski definition) is 2. The minimum atomic E-state index is -1.19. The molecule has 3 saturated heterocycles. The predicted octanol–water partition coefficient (Wildman–Crippen LogP) is 0.213. The predicted molar refractivity (Wildman–Crippen MR) is 108 cm³/mol. The second-order valence-corrected chi connectivity index (χ2v) is 8.19. The second-order valence-electron chi connectivity index (χ2n) is 8.19. The number of carboxylic acids is 1. The molecule has 0 unspecified atom stereocenters. The van der Waals surface area contributed by atoms with E-state index < -0.39 is 24.0 Å². The lowest BCUT2D eigenvalue weighted by molar-refractivity contribution is -0.152. The Morgan fingerprint density at radius 1 is 1.23 bits per heavy atom. The number of rotatable bonds is 5. The van der Waals surface area contributed by atoms with Gasteiger partial charge in [-0.05, 0) is 37.3 Å². The summed E-state index contributed by atoms with van der Waals surface area (Å²) in [5, 5.41) is 9.67. The van der Waals surface area contributed by atoms with Crippen LogP contribution in [0.5, 0.6) is 0 Å². The molecule has 0 aliphatic carbocycles. The van der Waals surface area contributed by atoms with Gasteiger partial charge in [-0.2, -0.15) is 0 Å². The average Bonchev–Trinajstić information content (AvgIpc) is 3.38. The van der Waals surface area contributed by atoms with Crippen molar-refractivity contribution in [3.63, 3.8) is 0 Å². The quantitative estimate of drug-likeness (QED) is 0.362. The van der Waals surface area contributed by atoms with Crippen molar-refractivity contribution >= 4 is 23.9 Å². The van der Waals surface area contributed by atoms with Crippen LogP contribution in [-0.2, 0) is 19.1 Å². The first-order chi connectivity index (χ1) is 14.8. The van der Waals surface area contributed by atoms with E-state index in [0.29, 0.717) is 56.5 Å². The molecule has 3 atom stereocenters. The van der Waals surface area contributed by atoms with E-state index in [-0.39, 0.29) is 30.3 Å². The highest BCUT2D eigenvalue weighted by molar-refractivity contribution is 6.01. The van der Waals surface area contributed by atoms with Gasteiger partial charge in [0.2, 0.25) is 11.8 Å². The van der Waals surface area contributed by atoms with Crippen LogP contribution in [0.15, 0.2) is 35.6 Å². The van der Waals surface area contributed by atoms with Crippen LogP contribution in [0, 0.1) is 0 Å². The lowest BCUT2D eigenvalue weighted by Gasteiger charge is -2.48. The van der Waals surface area contributed by atoms with Gasteiger partial charge in [0.15, 0.2) is 0 Å².